The topological polar surface area (TPSA) is 41.5 Å². The molecule has 3 nitrogen and oxygen atoms in total. The van der Waals surface area contributed by atoms with Crippen LogP contribution in [0.25, 0.3) is 0 Å². The van der Waals surface area contributed by atoms with Crippen molar-refractivity contribution >= 4 is 0 Å². The van der Waals surface area contributed by atoms with Gasteiger partial charge in [-0.1, -0.05) is 6.07 Å². The van der Waals surface area contributed by atoms with Crippen LogP contribution in [0.2, 0.25) is 0 Å². The second kappa shape index (κ2) is 6.88. The van der Waals surface area contributed by atoms with Gasteiger partial charge in [-0.2, -0.15) is 0 Å². The number of halogens is 3. The van der Waals surface area contributed by atoms with Gasteiger partial charge in [0.05, 0.1) is 12.2 Å². The maximum Gasteiger partial charge on any atom is 0.194 e. The second-order valence-corrected chi connectivity index (χ2v) is 4.49. The number of benzene rings is 1. The summed E-state index contributed by atoms with van der Waals surface area (Å²) in [6.45, 7) is 2.87. The molecule has 0 spiro atoms. The van der Waals surface area contributed by atoms with Crippen LogP contribution in [0.15, 0.2) is 12.1 Å². The third-order valence-electron chi connectivity index (χ3n) is 2.89. The molecule has 0 radical (unpaired) electrons. The van der Waals surface area contributed by atoms with E-state index < -0.39 is 23.1 Å². The fourth-order valence-electron chi connectivity index (χ4n) is 1.71. The minimum atomic E-state index is -1.57. The number of hydrogen-bond donors (Lipinski definition) is 2. The molecule has 0 heterocycles. The molecule has 6 heteroatoms. The van der Waals surface area contributed by atoms with E-state index in [0.717, 1.165) is 12.1 Å². The predicted molar refractivity (Wildman–Crippen MR) is 65.2 cm³/mol. The maximum atomic E-state index is 13.6. The Morgan fingerprint density at radius 3 is 2.53 bits per heavy atom. The molecule has 19 heavy (non-hydrogen) atoms. The number of ether oxygens (including phenoxy) is 1. The van der Waals surface area contributed by atoms with Crippen molar-refractivity contribution in [3.8, 4) is 0 Å². The fourth-order valence-corrected chi connectivity index (χ4v) is 1.71. The van der Waals surface area contributed by atoms with Gasteiger partial charge in [0.2, 0.25) is 0 Å². The zero-order valence-corrected chi connectivity index (χ0v) is 11.0. The van der Waals surface area contributed by atoms with Crippen molar-refractivity contribution < 1.29 is 23.0 Å². The van der Waals surface area contributed by atoms with Gasteiger partial charge in [0, 0.05) is 19.2 Å². The summed E-state index contributed by atoms with van der Waals surface area (Å²) < 4.78 is 44.3. The first-order valence-electron chi connectivity index (χ1n) is 5.96. The zero-order chi connectivity index (χ0) is 14.5. The third-order valence-corrected chi connectivity index (χ3v) is 2.89. The normalized spacial score (nSPS) is 14.4. The Morgan fingerprint density at radius 1 is 1.21 bits per heavy atom. The Morgan fingerprint density at radius 2 is 1.89 bits per heavy atom. The van der Waals surface area contributed by atoms with Crippen molar-refractivity contribution in [3.05, 3.63) is 35.1 Å². The number of hydrogen-bond acceptors (Lipinski definition) is 3. The summed E-state index contributed by atoms with van der Waals surface area (Å²) >= 11 is 0. The first-order valence-corrected chi connectivity index (χ1v) is 5.96. The van der Waals surface area contributed by atoms with Crippen LogP contribution in [0, 0.1) is 17.5 Å². The van der Waals surface area contributed by atoms with Crippen molar-refractivity contribution in [2.24, 2.45) is 0 Å². The molecular formula is C13H18F3NO2. The second-order valence-electron chi connectivity index (χ2n) is 4.49. The molecule has 0 aliphatic heterocycles. The molecule has 0 aliphatic carbocycles. The van der Waals surface area contributed by atoms with Crippen molar-refractivity contribution in [1.82, 2.24) is 5.32 Å². The highest BCUT2D eigenvalue weighted by molar-refractivity contribution is 5.25. The predicted octanol–water partition coefficient (Wildman–Crippen LogP) is 1.94. The summed E-state index contributed by atoms with van der Waals surface area (Å²) in [5.74, 6) is -4.18. The lowest BCUT2D eigenvalue weighted by Gasteiger charge is -2.24. The molecule has 0 bridgehead atoms. The number of methoxy groups -OCH3 is 1. The molecule has 0 aliphatic rings. The van der Waals surface area contributed by atoms with Gasteiger partial charge in [-0.3, -0.25) is 0 Å². The van der Waals surface area contributed by atoms with Crippen molar-refractivity contribution in [3.63, 3.8) is 0 Å². The Balaban J connectivity index is 2.69. The monoisotopic (exact) mass is 277 g/mol. The maximum absolute atomic E-state index is 13.6. The van der Waals surface area contributed by atoms with Crippen molar-refractivity contribution in [1.29, 1.82) is 0 Å². The molecule has 1 unspecified atom stereocenters. The van der Waals surface area contributed by atoms with E-state index in [2.05, 4.69) is 5.32 Å². The van der Waals surface area contributed by atoms with E-state index in [1.165, 1.54) is 6.92 Å². The molecule has 1 atom stereocenters. The number of aliphatic hydroxyl groups is 1. The molecule has 1 aromatic carbocycles. The lowest BCUT2D eigenvalue weighted by atomic mass is 9.92. The summed E-state index contributed by atoms with van der Waals surface area (Å²) in [6, 6.07) is 1.86. The van der Waals surface area contributed by atoms with Crippen molar-refractivity contribution in [2.45, 2.75) is 18.9 Å². The molecule has 0 saturated carbocycles. The lowest BCUT2D eigenvalue weighted by molar-refractivity contribution is 0.0429. The van der Waals surface area contributed by atoms with Crippen LogP contribution in [0.3, 0.4) is 0 Å². The molecule has 2 N–H and O–H groups in total. The smallest absolute Gasteiger partial charge is 0.194 e. The van der Waals surface area contributed by atoms with E-state index in [4.69, 9.17) is 4.74 Å². The third kappa shape index (κ3) is 4.19. The van der Waals surface area contributed by atoms with E-state index >= 15 is 0 Å². The Kier molecular flexibility index (Phi) is 5.78. The van der Waals surface area contributed by atoms with Gasteiger partial charge >= 0.3 is 0 Å². The first kappa shape index (κ1) is 15.9. The van der Waals surface area contributed by atoms with Gasteiger partial charge in [0.15, 0.2) is 17.5 Å². The molecule has 0 saturated heterocycles. The first-order chi connectivity index (χ1) is 8.90. The van der Waals surface area contributed by atoms with Gasteiger partial charge in [0.25, 0.3) is 0 Å². The standard InChI is InChI=1S/C13H18F3NO2/c1-13(18,5-6-17-7-8-19-2)9-3-4-10(14)12(16)11(9)15/h3-4,17-18H,5-8H2,1-2H3. The highest BCUT2D eigenvalue weighted by atomic mass is 19.2. The molecule has 0 aromatic heterocycles. The SMILES string of the molecule is COCCNCCC(C)(O)c1ccc(F)c(F)c1F. The summed E-state index contributed by atoms with van der Waals surface area (Å²) in [6.07, 6.45) is 0.165. The largest absolute Gasteiger partial charge is 0.385 e. The molecule has 1 rings (SSSR count). The van der Waals surface area contributed by atoms with E-state index in [1.807, 2.05) is 0 Å². The Hall–Kier alpha value is -1.11. The van der Waals surface area contributed by atoms with E-state index in [-0.39, 0.29) is 12.0 Å². The van der Waals surface area contributed by atoms with Gasteiger partial charge in [-0.15, -0.1) is 0 Å². The van der Waals surface area contributed by atoms with Crippen LogP contribution >= 0.6 is 0 Å². The quantitative estimate of drug-likeness (QED) is 0.591. The Bertz CT molecular complexity index is 425. The van der Waals surface area contributed by atoms with Crippen LogP contribution in [0.1, 0.15) is 18.9 Å². The summed E-state index contributed by atoms with van der Waals surface area (Å²) in [5.41, 5.74) is -1.82. The van der Waals surface area contributed by atoms with Gasteiger partial charge in [0.1, 0.15) is 0 Å². The number of rotatable bonds is 7. The average molecular weight is 277 g/mol. The summed E-state index contributed by atoms with van der Waals surface area (Å²) in [7, 11) is 1.56. The van der Waals surface area contributed by atoms with Crippen LogP contribution in [0.4, 0.5) is 13.2 Å². The average Bonchev–Trinajstić information content (AvgIpc) is 2.35. The zero-order valence-electron chi connectivity index (χ0n) is 11.0. The van der Waals surface area contributed by atoms with Crippen LogP contribution in [-0.4, -0.2) is 31.9 Å². The fraction of sp³-hybridized carbons (Fsp3) is 0.538. The summed E-state index contributed by atoms with van der Waals surface area (Å²) in [5, 5.41) is 13.1. The molecular weight excluding hydrogens is 259 g/mol. The van der Waals surface area contributed by atoms with Gasteiger partial charge in [-0.25, -0.2) is 13.2 Å². The van der Waals surface area contributed by atoms with Gasteiger partial charge < -0.3 is 15.2 Å². The minimum absolute atomic E-state index is 0.165. The van der Waals surface area contributed by atoms with Crippen LogP contribution in [-0.2, 0) is 10.3 Å². The molecule has 0 fully saturated rings. The highest BCUT2D eigenvalue weighted by Crippen LogP contribution is 2.28. The van der Waals surface area contributed by atoms with Crippen LogP contribution < -0.4 is 5.32 Å². The van der Waals surface area contributed by atoms with Crippen LogP contribution in [0.5, 0.6) is 0 Å². The van der Waals surface area contributed by atoms with E-state index in [9.17, 15) is 18.3 Å². The summed E-state index contributed by atoms with van der Waals surface area (Å²) in [4.78, 5) is 0. The molecule has 108 valence electrons. The minimum Gasteiger partial charge on any atom is -0.385 e. The van der Waals surface area contributed by atoms with Crippen molar-refractivity contribution in [2.75, 3.05) is 26.8 Å². The highest BCUT2D eigenvalue weighted by Gasteiger charge is 2.28. The van der Waals surface area contributed by atoms with E-state index in [1.54, 1.807) is 7.11 Å². The molecule has 1 aromatic rings. The van der Waals surface area contributed by atoms with Gasteiger partial charge in [-0.05, 0) is 26.0 Å². The number of nitrogens with one attached hydrogen (secondary N) is 1. The molecule has 0 amide bonds. The van der Waals surface area contributed by atoms with E-state index in [0.29, 0.717) is 19.7 Å². The Labute approximate surface area is 110 Å². The lowest BCUT2D eigenvalue weighted by Crippen LogP contribution is -2.30.